The number of piperidine rings is 1. The standard InChI is InChI=1S/C11H19N5/c12-10-11(13)15-9(8-14-10)4-7-16-5-2-1-3-6-16/h8H,1-7H2,(H2,12,14)(H2,13,15). The molecule has 1 aliphatic rings. The van der Waals surface area contributed by atoms with E-state index in [9.17, 15) is 0 Å². The van der Waals surface area contributed by atoms with Gasteiger partial charge in [-0.25, -0.2) is 9.97 Å². The van der Waals surface area contributed by atoms with Crippen LogP contribution in [-0.4, -0.2) is 34.5 Å². The lowest BCUT2D eigenvalue weighted by molar-refractivity contribution is 0.231. The van der Waals surface area contributed by atoms with Crippen LogP contribution in [0.15, 0.2) is 6.20 Å². The molecule has 0 radical (unpaired) electrons. The van der Waals surface area contributed by atoms with Gasteiger partial charge in [0.1, 0.15) is 0 Å². The summed E-state index contributed by atoms with van der Waals surface area (Å²) in [7, 11) is 0. The number of likely N-dealkylation sites (tertiary alicyclic amines) is 1. The maximum absolute atomic E-state index is 5.62. The van der Waals surface area contributed by atoms with Gasteiger partial charge in [0.2, 0.25) is 0 Å². The number of nitrogens with zero attached hydrogens (tertiary/aromatic N) is 3. The molecule has 0 unspecified atom stereocenters. The first-order chi connectivity index (χ1) is 7.75. The molecule has 0 aromatic carbocycles. The van der Waals surface area contributed by atoms with Gasteiger partial charge < -0.3 is 16.4 Å². The fraction of sp³-hybridized carbons (Fsp3) is 0.636. The van der Waals surface area contributed by atoms with Crippen molar-refractivity contribution >= 4 is 11.6 Å². The molecule has 0 amide bonds. The summed E-state index contributed by atoms with van der Waals surface area (Å²) < 4.78 is 0. The van der Waals surface area contributed by atoms with Gasteiger partial charge in [-0.3, -0.25) is 0 Å². The van der Waals surface area contributed by atoms with E-state index in [4.69, 9.17) is 11.5 Å². The number of nitrogens with two attached hydrogens (primary N) is 2. The smallest absolute Gasteiger partial charge is 0.166 e. The van der Waals surface area contributed by atoms with E-state index in [0.29, 0.717) is 11.6 Å². The molecular weight excluding hydrogens is 202 g/mol. The Morgan fingerprint density at radius 2 is 1.88 bits per heavy atom. The van der Waals surface area contributed by atoms with Gasteiger partial charge in [0.05, 0.1) is 11.9 Å². The van der Waals surface area contributed by atoms with E-state index < -0.39 is 0 Å². The van der Waals surface area contributed by atoms with Crippen molar-refractivity contribution < 1.29 is 0 Å². The number of hydrogen-bond donors (Lipinski definition) is 2. The van der Waals surface area contributed by atoms with E-state index in [-0.39, 0.29) is 0 Å². The van der Waals surface area contributed by atoms with Gasteiger partial charge in [0.15, 0.2) is 11.6 Å². The first-order valence-electron chi connectivity index (χ1n) is 5.85. The number of anilines is 2. The first-order valence-corrected chi connectivity index (χ1v) is 5.85. The van der Waals surface area contributed by atoms with Gasteiger partial charge in [-0.15, -0.1) is 0 Å². The van der Waals surface area contributed by atoms with E-state index in [1.807, 2.05) is 0 Å². The number of aromatic nitrogens is 2. The average Bonchev–Trinajstić information content (AvgIpc) is 2.32. The number of nitrogen functional groups attached to an aromatic ring is 2. The van der Waals surface area contributed by atoms with Crippen molar-refractivity contribution in [3.8, 4) is 0 Å². The van der Waals surface area contributed by atoms with Crippen LogP contribution in [0.5, 0.6) is 0 Å². The number of hydrogen-bond acceptors (Lipinski definition) is 5. The quantitative estimate of drug-likeness (QED) is 0.784. The molecule has 1 aromatic heterocycles. The zero-order valence-electron chi connectivity index (χ0n) is 9.52. The molecule has 1 aliphatic heterocycles. The monoisotopic (exact) mass is 221 g/mol. The molecule has 1 aromatic rings. The summed E-state index contributed by atoms with van der Waals surface area (Å²) in [6.45, 7) is 3.45. The Kier molecular flexibility index (Phi) is 3.56. The largest absolute Gasteiger partial charge is 0.381 e. The summed E-state index contributed by atoms with van der Waals surface area (Å²) in [6.07, 6.45) is 6.61. The Balaban J connectivity index is 1.86. The first kappa shape index (κ1) is 11.1. The minimum Gasteiger partial charge on any atom is -0.381 e. The van der Waals surface area contributed by atoms with Gasteiger partial charge in [0.25, 0.3) is 0 Å². The van der Waals surface area contributed by atoms with Crippen LogP contribution in [0.25, 0.3) is 0 Å². The van der Waals surface area contributed by atoms with Crippen molar-refractivity contribution in [1.82, 2.24) is 14.9 Å². The van der Waals surface area contributed by atoms with Gasteiger partial charge in [-0.1, -0.05) is 6.42 Å². The number of rotatable bonds is 3. The Morgan fingerprint density at radius 1 is 1.12 bits per heavy atom. The summed E-state index contributed by atoms with van der Waals surface area (Å²) in [5.74, 6) is 0.665. The molecule has 0 bridgehead atoms. The average molecular weight is 221 g/mol. The highest BCUT2D eigenvalue weighted by molar-refractivity contribution is 5.51. The van der Waals surface area contributed by atoms with E-state index >= 15 is 0 Å². The molecular formula is C11H19N5. The highest BCUT2D eigenvalue weighted by Gasteiger charge is 2.10. The van der Waals surface area contributed by atoms with E-state index in [0.717, 1.165) is 18.7 Å². The van der Waals surface area contributed by atoms with Crippen LogP contribution in [-0.2, 0) is 6.42 Å². The molecule has 0 atom stereocenters. The van der Waals surface area contributed by atoms with Crippen LogP contribution >= 0.6 is 0 Å². The Morgan fingerprint density at radius 3 is 2.56 bits per heavy atom. The summed E-state index contributed by atoms with van der Waals surface area (Å²) >= 11 is 0. The molecule has 2 heterocycles. The molecule has 1 fully saturated rings. The SMILES string of the molecule is Nc1ncc(CCN2CCCCC2)nc1N. The van der Waals surface area contributed by atoms with Crippen LogP contribution in [0.4, 0.5) is 11.6 Å². The minimum absolute atomic E-state index is 0.321. The lowest BCUT2D eigenvalue weighted by Gasteiger charge is -2.26. The van der Waals surface area contributed by atoms with Crippen LogP contribution in [0, 0.1) is 0 Å². The third kappa shape index (κ3) is 2.82. The normalized spacial score (nSPS) is 17.5. The Hall–Kier alpha value is -1.36. The molecule has 5 nitrogen and oxygen atoms in total. The maximum atomic E-state index is 5.62. The Bertz CT molecular complexity index is 346. The van der Waals surface area contributed by atoms with Gasteiger partial charge in [-0.05, 0) is 25.9 Å². The molecule has 0 aliphatic carbocycles. The summed E-state index contributed by atoms with van der Waals surface area (Å²) in [4.78, 5) is 10.7. The van der Waals surface area contributed by atoms with Gasteiger partial charge in [-0.2, -0.15) is 0 Å². The van der Waals surface area contributed by atoms with Crippen LogP contribution in [0.2, 0.25) is 0 Å². The van der Waals surface area contributed by atoms with Gasteiger partial charge >= 0.3 is 0 Å². The maximum Gasteiger partial charge on any atom is 0.166 e. The second kappa shape index (κ2) is 5.12. The second-order valence-corrected chi connectivity index (χ2v) is 4.28. The fourth-order valence-corrected chi connectivity index (χ4v) is 2.03. The Labute approximate surface area is 95.9 Å². The van der Waals surface area contributed by atoms with Crippen molar-refractivity contribution in [2.24, 2.45) is 0 Å². The molecule has 0 spiro atoms. The summed E-state index contributed by atoms with van der Waals surface area (Å²) in [5, 5.41) is 0. The predicted octanol–water partition coefficient (Wildman–Crippen LogP) is 0.669. The third-order valence-corrected chi connectivity index (χ3v) is 3.01. The van der Waals surface area contributed by atoms with Crippen molar-refractivity contribution in [2.45, 2.75) is 25.7 Å². The molecule has 0 saturated carbocycles. The zero-order valence-corrected chi connectivity index (χ0v) is 9.52. The summed E-state index contributed by atoms with van der Waals surface area (Å²) in [5.41, 5.74) is 12.1. The minimum atomic E-state index is 0.321. The summed E-state index contributed by atoms with van der Waals surface area (Å²) in [6, 6.07) is 0. The van der Waals surface area contributed by atoms with Crippen LogP contribution in [0.1, 0.15) is 25.0 Å². The van der Waals surface area contributed by atoms with E-state index in [1.54, 1.807) is 6.20 Å². The van der Waals surface area contributed by atoms with Crippen LogP contribution in [0.3, 0.4) is 0 Å². The topological polar surface area (TPSA) is 81.1 Å². The fourth-order valence-electron chi connectivity index (χ4n) is 2.03. The van der Waals surface area contributed by atoms with Crippen LogP contribution < -0.4 is 11.5 Å². The molecule has 2 rings (SSSR count). The van der Waals surface area contributed by atoms with Crippen molar-refractivity contribution in [3.63, 3.8) is 0 Å². The van der Waals surface area contributed by atoms with Gasteiger partial charge in [0, 0.05) is 13.0 Å². The molecule has 1 saturated heterocycles. The molecule has 5 heteroatoms. The molecule has 4 N–H and O–H groups in total. The third-order valence-electron chi connectivity index (χ3n) is 3.01. The van der Waals surface area contributed by atoms with Crippen molar-refractivity contribution in [2.75, 3.05) is 31.1 Å². The highest BCUT2D eigenvalue weighted by atomic mass is 15.1. The lowest BCUT2D eigenvalue weighted by atomic mass is 10.1. The molecule has 88 valence electrons. The van der Waals surface area contributed by atoms with Crippen molar-refractivity contribution in [1.29, 1.82) is 0 Å². The van der Waals surface area contributed by atoms with E-state index in [2.05, 4.69) is 14.9 Å². The van der Waals surface area contributed by atoms with E-state index in [1.165, 1.54) is 32.4 Å². The predicted molar refractivity (Wildman–Crippen MR) is 64.9 cm³/mol. The zero-order chi connectivity index (χ0) is 11.4. The second-order valence-electron chi connectivity index (χ2n) is 4.28. The highest BCUT2D eigenvalue weighted by Crippen LogP contribution is 2.11. The van der Waals surface area contributed by atoms with Crippen molar-refractivity contribution in [3.05, 3.63) is 11.9 Å². The lowest BCUT2D eigenvalue weighted by Crippen LogP contribution is -2.31. The molecule has 16 heavy (non-hydrogen) atoms.